The summed E-state index contributed by atoms with van der Waals surface area (Å²) in [5.41, 5.74) is 1.45. The summed E-state index contributed by atoms with van der Waals surface area (Å²) in [5, 5.41) is 3.49. The van der Waals surface area contributed by atoms with Crippen LogP contribution in [0.25, 0.3) is 10.2 Å². The van der Waals surface area contributed by atoms with Crippen molar-refractivity contribution in [3.8, 4) is 0 Å². The van der Waals surface area contributed by atoms with Crippen molar-refractivity contribution in [3.63, 3.8) is 0 Å². The van der Waals surface area contributed by atoms with Crippen molar-refractivity contribution in [2.45, 2.75) is 12.8 Å². The van der Waals surface area contributed by atoms with Crippen LogP contribution in [0.2, 0.25) is 0 Å². The van der Waals surface area contributed by atoms with Gasteiger partial charge in [-0.25, -0.2) is 4.98 Å². The third-order valence-electron chi connectivity index (χ3n) is 4.71. The summed E-state index contributed by atoms with van der Waals surface area (Å²) in [7, 11) is 0. The fourth-order valence-electron chi connectivity index (χ4n) is 3.19. The fourth-order valence-corrected chi connectivity index (χ4v) is 4.07. The predicted molar refractivity (Wildman–Crippen MR) is 99.3 cm³/mol. The molecule has 1 aliphatic rings. The van der Waals surface area contributed by atoms with E-state index in [4.69, 9.17) is 4.42 Å². The van der Waals surface area contributed by atoms with Gasteiger partial charge in [-0.2, -0.15) is 0 Å². The first-order valence-corrected chi connectivity index (χ1v) is 9.47. The highest BCUT2D eigenvalue weighted by atomic mass is 32.1. The second-order valence-electron chi connectivity index (χ2n) is 6.44. The van der Waals surface area contributed by atoms with Crippen LogP contribution in [0.1, 0.15) is 33.0 Å². The summed E-state index contributed by atoms with van der Waals surface area (Å²) in [6.45, 7) is 2.01. The minimum atomic E-state index is -0.122. The molecule has 0 atom stereocenters. The molecule has 0 unspecified atom stereocenters. The number of amides is 2. The number of carbonyl (C=O) groups excluding carboxylic acids is 2. The number of fused-ring (bicyclic) bond motifs is 1. The Morgan fingerprint density at radius 2 is 2.04 bits per heavy atom. The lowest BCUT2D eigenvalue weighted by Crippen LogP contribution is -2.41. The van der Waals surface area contributed by atoms with E-state index in [1.807, 2.05) is 29.2 Å². The Labute approximate surface area is 154 Å². The molecule has 1 N–H and O–H groups in total. The lowest BCUT2D eigenvalue weighted by atomic mass is 9.96. The van der Waals surface area contributed by atoms with Crippen molar-refractivity contribution >= 4 is 33.4 Å². The topological polar surface area (TPSA) is 75.4 Å². The number of hydrogen-bond donors (Lipinski definition) is 1. The number of rotatable bonds is 4. The normalized spacial score (nSPS) is 15.3. The van der Waals surface area contributed by atoms with E-state index in [-0.39, 0.29) is 11.8 Å². The van der Waals surface area contributed by atoms with Gasteiger partial charge in [0.15, 0.2) is 5.01 Å². The van der Waals surface area contributed by atoms with Gasteiger partial charge in [-0.1, -0.05) is 12.1 Å². The number of benzene rings is 1. The van der Waals surface area contributed by atoms with Crippen LogP contribution in [0.15, 0.2) is 47.3 Å². The molecular formula is C19H19N3O3S. The Balaban J connectivity index is 1.28. The summed E-state index contributed by atoms with van der Waals surface area (Å²) in [6, 6.07) is 9.43. The van der Waals surface area contributed by atoms with Crippen molar-refractivity contribution in [1.82, 2.24) is 15.2 Å². The van der Waals surface area contributed by atoms with Gasteiger partial charge in [-0.3, -0.25) is 9.59 Å². The Morgan fingerprint density at radius 1 is 1.23 bits per heavy atom. The van der Waals surface area contributed by atoms with Crippen LogP contribution < -0.4 is 5.32 Å². The maximum absolute atomic E-state index is 12.3. The number of likely N-dealkylation sites (tertiary alicyclic amines) is 1. The van der Waals surface area contributed by atoms with Crippen LogP contribution in [0.4, 0.5) is 0 Å². The molecule has 0 saturated carbocycles. The van der Waals surface area contributed by atoms with Crippen molar-refractivity contribution in [2.24, 2.45) is 5.92 Å². The predicted octanol–water partition coefficient (Wildman–Crippen LogP) is 3.17. The molecule has 1 aliphatic heterocycles. The van der Waals surface area contributed by atoms with E-state index in [1.165, 1.54) is 23.9 Å². The van der Waals surface area contributed by atoms with Crippen molar-refractivity contribution < 1.29 is 14.0 Å². The van der Waals surface area contributed by atoms with Crippen LogP contribution >= 0.6 is 11.3 Å². The van der Waals surface area contributed by atoms with Crippen LogP contribution in [0.3, 0.4) is 0 Å². The SMILES string of the molecule is O=C(NCC1CCN(C(=O)c2ccoc2)CC1)c1nc2ccccc2s1. The van der Waals surface area contributed by atoms with Gasteiger partial charge in [0.05, 0.1) is 22.0 Å². The molecular weight excluding hydrogens is 350 g/mol. The highest BCUT2D eigenvalue weighted by Crippen LogP contribution is 2.22. The van der Waals surface area contributed by atoms with Gasteiger partial charge in [0, 0.05) is 19.6 Å². The average molecular weight is 369 g/mol. The Morgan fingerprint density at radius 3 is 2.77 bits per heavy atom. The van der Waals surface area contributed by atoms with Crippen molar-refractivity contribution in [2.75, 3.05) is 19.6 Å². The molecule has 1 aromatic carbocycles. The molecule has 3 heterocycles. The van der Waals surface area contributed by atoms with Crippen molar-refractivity contribution in [1.29, 1.82) is 0 Å². The van der Waals surface area contributed by atoms with Gasteiger partial charge in [-0.05, 0) is 37.0 Å². The van der Waals surface area contributed by atoms with E-state index >= 15 is 0 Å². The molecule has 0 radical (unpaired) electrons. The first-order chi connectivity index (χ1) is 12.7. The molecule has 7 heteroatoms. The zero-order chi connectivity index (χ0) is 17.9. The van der Waals surface area contributed by atoms with E-state index in [0.29, 0.717) is 36.1 Å². The van der Waals surface area contributed by atoms with Crippen LogP contribution in [-0.4, -0.2) is 41.3 Å². The second kappa shape index (κ2) is 7.29. The summed E-state index contributed by atoms with van der Waals surface area (Å²) >= 11 is 1.41. The third-order valence-corrected chi connectivity index (χ3v) is 5.74. The fraction of sp³-hybridized carbons (Fsp3) is 0.316. The summed E-state index contributed by atoms with van der Waals surface area (Å²) in [6.07, 6.45) is 4.75. The summed E-state index contributed by atoms with van der Waals surface area (Å²) < 4.78 is 5.99. The molecule has 0 aliphatic carbocycles. The first kappa shape index (κ1) is 16.8. The minimum Gasteiger partial charge on any atom is -0.472 e. The molecule has 1 saturated heterocycles. The molecule has 0 spiro atoms. The van der Waals surface area contributed by atoms with Gasteiger partial charge < -0.3 is 14.6 Å². The zero-order valence-electron chi connectivity index (χ0n) is 14.2. The number of nitrogens with one attached hydrogen (secondary N) is 1. The van der Waals surface area contributed by atoms with E-state index in [1.54, 1.807) is 6.07 Å². The highest BCUT2D eigenvalue weighted by molar-refractivity contribution is 7.20. The van der Waals surface area contributed by atoms with Crippen molar-refractivity contribution in [3.05, 3.63) is 53.4 Å². The molecule has 2 aromatic heterocycles. The lowest BCUT2D eigenvalue weighted by Gasteiger charge is -2.31. The number of hydrogen-bond acceptors (Lipinski definition) is 5. The monoisotopic (exact) mass is 369 g/mol. The largest absolute Gasteiger partial charge is 0.472 e. The summed E-state index contributed by atoms with van der Waals surface area (Å²) in [5.74, 6) is 0.264. The Kier molecular flexibility index (Phi) is 4.71. The average Bonchev–Trinajstić information content (AvgIpc) is 3.35. The van der Waals surface area contributed by atoms with Gasteiger partial charge in [0.25, 0.3) is 11.8 Å². The van der Waals surface area contributed by atoms with Gasteiger partial charge in [0.1, 0.15) is 6.26 Å². The Hall–Kier alpha value is -2.67. The van der Waals surface area contributed by atoms with Gasteiger partial charge in [-0.15, -0.1) is 11.3 Å². The Bertz CT molecular complexity index is 878. The molecule has 26 heavy (non-hydrogen) atoms. The van der Waals surface area contributed by atoms with E-state index < -0.39 is 0 Å². The van der Waals surface area contributed by atoms with E-state index in [9.17, 15) is 9.59 Å². The maximum Gasteiger partial charge on any atom is 0.280 e. The van der Waals surface area contributed by atoms with Gasteiger partial charge >= 0.3 is 0 Å². The van der Waals surface area contributed by atoms with Crippen LogP contribution in [0.5, 0.6) is 0 Å². The highest BCUT2D eigenvalue weighted by Gasteiger charge is 2.24. The maximum atomic E-state index is 12.3. The quantitative estimate of drug-likeness (QED) is 0.766. The van der Waals surface area contributed by atoms with E-state index in [2.05, 4.69) is 10.3 Å². The first-order valence-electron chi connectivity index (χ1n) is 8.66. The van der Waals surface area contributed by atoms with Crippen LogP contribution in [-0.2, 0) is 0 Å². The molecule has 134 valence electrons. The number of nitrogens with zero attached hydrogens (tertiary/aromatic N) is 2. The molecule has 3 aromatic rings. The molecule has 1 fully saturated rings. The number of furan rings is 1. The smallest absolute Gasteiger partial charge is 0.280 e. The van der Waals surface area contributed by atoms with E-state index in [0.717, 1.165) is 23.1 Å². The zero-order valence-corrected chi connectivity index (χ0v) is 15.0. The standard InChI is InChI=1S/C19H19N3O3S/c23-17(18-21-15-3-1-2-4-16(15)26-18)20-11-13-5-8-22(9-6-13)19(24)14-7-10-25-12-14/h1-4,7,10,12-13H,5-6,8-9,11H2,(H,20,23). The summed E-state index contributed by atoms with van der Waals surface area (Å²) in [4.78, 5) is 30.9. The molecule has 2 amide bonds. The number of aromatic nitrogens is 1. The molecule has 0 bridgehead atoms. The van der Waals surface area contributed by atoms with Gasteiger partial charge in [0.2, 0.25) is 0 Å². The molecule has 4 rings (SSSR count). The number of carbonyl (C=O) groups is 2. The molecule has 6 nitrogen and oxygen atoms in total. The number of thiazole rings is 1. The lowest BCUT2D eigenvalue weighted by molar-refractivity contribution is 0.0683. The minimum absolute atomic E-state index is 0.00992. The number of piperidine rings is 1. The number of para-hydroxylation sites is 1. The second-order valence-corrected chi connectivity index (χ2v) is 7.48. The third kappa shape index (κ3) is 3.48. The van der Waals surface area contributed by atoms with Crippen LogP contribution in [0, 0.1) is 5.92 Å².